The summed E-state index contributed by atoms with van der Waals surface area (Å²) in [5, 5.41) is 3.75. The molecule has 3 rings (SSSR count). The smallest absolute Gasteiger partial charge is 0.244 e. The number of rotatable bonds is 6. The minimum atomic E-state index is -0.173. The molecule has 5 nitrogen and oxygen atoms in total. The molecule has 0 bridgehead atoms. The predicted molar refractivity (Wildman–Crippen MR) is 98.3 cm³/mol. The topological polar surface area (TPSA) is 60.3 Å². The Labute approximate surface area is 146 Å². The van der Waals surface area contributed by atoms with E-state index in [0.29, 0.717) is 23.6 Å². The molecule has 0 aliphatic carbocycles. The Balaban J connectivity index is 1.88. The summed E-state index contributed by atoms with van der Waals surface area (Å²) in [6, 6.07) is 14.9. The van der Waals surface area contributed by atoms with Gasteiger partial charge in [-0.2, -0.15) is 0 Å². The van der Waals surface area contributed by atoms with Crippen LogP contribution in [0.1, 0.15) is 23.0 Å². The van der Waals surface area contributed by atoms with Crippen molar-refractivity contribution in [1.82, 2.24) is 4.57 Å². The Bertz CT molecular complexity index is 928. The van der Waals surface area contributed by atoms with E-state index < -0.39 is 0 Å². The van der Waals surface area contributed by atoms with Crippen molar-refractivity contribution in [3.8, 4) is 5.75 Å². The van der Waals surface area contributed by atoms with Gasteiger partial charge >= 0.3 is 0 Å². The molecule has 0 unspecified atom stereocenters. The number of fused-ring (bicyclic) bond motifs is 1. The highest BCUT2D eigenvalue weighted by Gasteiger charge is 2.16. The number of carbonyl (C=O) groups is 2. The number of para-hydroxylation sites is 3. The van der Waals surface area contributed by atoms with Crippen molar-refractivity contribution in [2.24, 2.45) is 0 Å². The van der Waals surface area contributed by atoms with E-state index in [4.69, 9.17) is 4.74 Å². The van der Waals surface area contributed by atoms with Gasteiger partial charge in [0.25, 0.3) is 0 Å². The van der Waals surface area contributed by atoms with Gasteiger partial charge in [0.15, 0.2) is 6.29 Å². The van der Waals surface area contributed by atoms with Gasteiger partial charge in [0.2, 0.25) is 5.91 Å². The molecule has 2 aromatic carbocycles. The molecule has 1 N–H and O–H groups in total. The maximum absolute atomic E-state index is 12.6. The zero-order valence-corrected chi connectivity index (χ0v) is 14.3. The summed E-state index contributed by atoms with van der Waals surface area (Å²) in [5.41, 5.74) is 2.91. The molecule has 0 aliphatic rings. The first kappa shape index (κ1) is 16.8. The third kappa shape index (κ3) is 3.26. The van der Waals surface area contributed by atoms with Crippen LogP contribution in [0.25, 0.3) is 10.9 Å². The molecule has 1 heterocycles. The lowest BCUT2D eigenvalue weighted by atomic mass is 10.1. The van der Waals surface area contributed by atoms with Crippen LogP contribution in [0.3, 0.4) is 0 Å². The van der Waals surface area contributed by atoms with Crippen molar-refractivity contribution >= 4 is 28.8 Å². The Kier molecular flexibility index (Phi) is 4.84. The van der Waals surface area contributed by atoms with Crippen molar-refractivity contribution in [2.75, 3.05) is 11.9 Å². The Morgan fingerprint density at radius 3 is 2.64 bits per heavy atom. The minimum absolute atomic E-state index is 0.126. The zero-order chi connectivity index (χ0) is 17.8. The maximum Gasteiger partial charge on any atom is 0.244 e. The summed E-state index contributed by atoms with van der Waals surface area (Å²) >= 11 is 0. The van der Waals surface area contributed by atoms with E-state index in [2.05, 4.69) is 5.32 Å². The first-order chi connectivity index (χ1) is 12.2. The molecule has 25 heavy (non-hydrogen) atoms. The van der Waals surface area contributed by atoms with Gasteiger partial charge in [0, 0.05) is 22.2 Å². The fourth-order valence-corrected chi connectivity index (χ4v) is 2.99. The lowest BCUT2D eigenvalue weighted by molar-refractivity contribution is -0.116. The minimum Gasteiger partial charge on any atom is -0.492 e. The summed E-state index contributed by atoms with van der Waals surface area (Å²) in [6.07, 6.45) is 0.844. The standard InChI is InChI=1S/C20H20N2O3/c1-3-25-19-11-7-5-9-17(19)21-20(24)12-22-14(2)16(13-23)15-8-4-6-10-18(15)22/h4-11,13H,3,12H2,1-2H3,(H,21,24). The largest absolute Gasteiger partial charge is 0.492 e. The SMILES string of the molecule is CCOc1ccccc1NC(=O)Cn1c(C)c(C=O)c2ccccc21. The van der Waals surface area contributed by atoms with Gasteiger partial charge < -0.3 is 14.6 Å². The molecule has 0 spiro atoms. The lowest BCUT2D eigenvalue weighted by Crippen LogP contribution is -2.20. The molecule has 0 aliphatic heterocycles. The quantitative estimate of drug-likeness (QED) is 0.697. The summed E-state index contributed by atoms with van der Waals surface area (Å²) in [6.45, 7) is 4.40. The van der Waals surface area contributed by atoms with Gasteiger partial charge in [0.05, 0.1) is 12.3 Å². The zero-order valence-electron chi connectivity index (χ0n) is 14.3. The number of amides is 1. The maximum atomic E-state index is 12.6. The highest BCUT2D eigenvalue weighted by Crippen LogP contribution is 2.26. The number of hydrogen-bond acceptors (Lipinski definition) is 3. The molecule has 0 saturated carbocycles. The molecule has 1 aromatic heterocycles. The van der Waals surface area contributed by atoms with Crippen LogP contribution in [0, 0.1) is 6.92 Å². The van der Waals surface area contributed by atoms with Gasteiger partial charge in [-0.1, -0.05) is 30.3 Å². The van der Waals surface area contributed by atoms with E-state index in [-0.39, 0.29) is 12.5 Å². The first-order valence-corrected chi connectivity index (χ1v) is 8.20. The number of anilines is 1. The number of hydrogen-bond donors (Lipinski definition) is 1. The summed E-state index contributed by atoms with van der Waals surface area (Å²) in [7, 11) is 0. The second-order valence-electron chi connectivity index (χ2n) is 5.70. The Morgan fingerprint density at radius 1 is 1.16 bits per heavy atom. The number of ether oxygens (including phenoxy) is 1. The van der Waals surface area contributed by atoms with Gasteiger partial charge in [-0.15, -0.1) is 0 Å². The van der Waals surface area contributed by atoms with Crippen LogP contribution in [-0.4, -0.2) is 23.4 Å². The highest BCUT2D eigenvalue weighted by molar-refractivity contribution is 6.00. The number of aldehydes is 1. The average molecular weight is 336 g/mol. The molecular weight excluding hydrogens is 316 g/mol. The Morgan fingerprint density at radius 2 is 1.88 bits per heavy atom. The van der Waals surface area contributed by atoms with E-state index >= 15 is 0 Å². The number of nitrogens with one attached hydrogen (secondary N) is 1. The van der Waals surface area contributed by atoms with Crippen molar-refractivity contribution in [3.05, 3.63) is 59.8 Å². The predicted octanol–water partition coefficient (Wildman–Crippen LogP) is 3.80. The average Bonchev–Trinajstić information content (AvgIpc) is 2.88. The second-order valence-corrected chi connectivity index (χ2v) is 5.70. The van der Waals surface area contributed by atoms with Gasteiger partial charge in [-0.05, 0) is 32.0 Å². The Hall–Kier alpha value is -3.08. The molecule has 3 aromatic rings. The van der Waals surface area contributed by atoms with Crippen LogP contribution in [0.15, 0.2) is 48.5 Å². The number of nitrogens with zero attached hydrogens (tertiary/aromatic N) is 1. The van der Waals surface area contributed by atoms with Crippen LogP contribution < -0.4 is 10.1 Å². The normalized spacial score (nSPS) is 10.6. The molecule has 0 radical (unpaired) electrons. The fourth-order valence-electron chi connectivity index (χ4n) is 2.99. The van der Waals surface area contributed by atoms with E-state index in [1.807, 2.05) is 60.9 Å². The molecule has 5 heteroatoms. The van der Waals surface area contributed by atoms with Gasteiger partial charge in [-0.3, -0.25) is 9.59 Å². The van der Waals surface area contributed by atoms with Crippen LogP contribution in [0.2, 0.25) is 0 Å². The van der Waals surface area contributed by atoms with Crippen LogP contribution in [0.4, 0.5) is 5.69 Å². The number of benzene rings is 2. The van der Waals surface area contributed by atoms with E-state index in [1.165, 1.54) is 0 Å². The van der Waals surface area contributed by atoms with E-state index in [0.717, 1.165) is 22.9 Å². The first-order valence-electron chi connectivity index (χ1n) is 8.20. The monoisotopic (exact) mass is 336 g/mol. The summed E-state index contributed by atoms with van der Waals surface area (Å²) < 4.78 is 7.39. The molecule has 128 valence electrons. The molecule has 0 atom stereocenters. The molecule has 1 amide bonds. The third-order valence-corrected chi connectivity index (χ3v) is 4.16. The molecule has 0 saturated heterocycles. The fraction of sp³-hybridized carbons (Fsp3) is 0.200. The molecular formula is C20H20N2O3. The molecule has 0 fully saturated rings. The van der Waals surface area contributed by atoms with Crippen LogP contribution in [-0.2, 0) is 11.3 Å². The van der Waals surface area contributed by atoms with Crippen LogP contribution >= 0.6 is 0 Å². The van der Waals surface area contributed by atoms with Gasteiger partial charge in [-0.25, -0.2) is 0 Å². The van der Waals surface area contributed by atoms with E-state index in [1.54, 1.807) is 6.07 Å². The highest BCUT2D eigenvalue weighted by atomic mass is 16.5. The number of carbonyl (C=O) groups excluding carboxylic acids is 2. The van der Waals surface area contributed by atoms with Crippen molar-refractivity contribution < 1.29 is 14.3 Å². The lowest BCUT2D eigenvalue weighted by Gasteiger charge is -2.13. The van der Waals surface area contributed by atoms with E-state index in [9.17, 15) is 9.59 Å². The summed E-state index contributed by atoms with van der Waals surface area (Å²) in [5.74, 6) is 0.467. The van der Waals surface area contributed by atoms with Crippen molar-refractivity contribution in [2.45, 2.75) is 20.4 Å². The van der Waals surface area contributed by atoms with Crippen molar-refractivity contribution in [3.63, 3.8) is 0 Å². The number of aromatic nitrogens is 1. The third-order valence-electron chi connectivity index (χ3n) is 4.16. The van der Waals surface area contributed by atoms with Crippen molar-refractivity contribution in [1.29, 1.82) is 0 Å². The summed E-state index contributed by atoms with van der Waals surface area (Å²) in [4.78, 5) is 24.0. The van der Waals surface area contributed by atoms with Gasteiger partial charge in [0.1, 0.15) is 12.3 Å². The second kappa shape index (κ2) is 7.21. The van der Waals surface area contributed by atoms with Crippen LogP contribution in [0.5, 0.6) is 5.75 Å².